The summed E-state index contributed by atoms with van der Waals surface area (Å²) in [5.41, 5.74) is 2.19. The number of hydrogen-bond acceptors (Lipinski definition) is 5. The van der Waals surface area contributed by atoms with Crippen molar-refractivity contribution in [2.75, 3.05) is 47.8 Å². The summed E-state index contributed by atoms with van der Waals surface area (Å²) in [6, 6.07) is 14.9. The Hall–Kier alpha value is -3.55. The maximum absolute atomic E-state index is 14.0. The first-order valence-corrected chi connectivity index (χ1v) is 11.5. The van der Waals surface area contributed by atoms with Crippen molar-refractivity contribution in [2.24, 2.45) is 0 Å². The fourth-order valence-electron chi connectivity index (χ4n) is 4.86. The fraction of sp³-hybridized carbons (Fsp3) is 0.296. The minimum absolute atomic E-state index is 0.157. The van der Waals surface area contributed by atoms with Gasteiger partial charge in [-0.05, 0) is 46.4 Å². The van der Waals surface area contributed by atoms with E-state index in [1.165, 1.54) is 4.90 Å². The van der Waals surface area contributed by atoms with Gasteiger partial charge in [-0.15, -0.1) is 0 Å². The maximum Gasteiger partial charge on any atom is 0.261 e. The Bertz CT molecular complexity index is 1530. The topological polar surface area (TPSA) is 65.9 Å². The highest BCUT2D eigenvalue weighted by Gasteiger charge is 2.33. The molecule has 3 aromatic carbocycles. The molecule has 1 aliphatic heterocycles. The van der Waals surface area contributed by atoms with E-state index in [9.17, 15) is 14.4 Å². The van der Waals surface area contributed by atoms with Gasteiger partial charge in [0.1, 0.15) is 0 Å². The van der Waals surface area contributed by atoms with Crippen LogP contribution in [0.3, 0.4) is 0 Å². The van der Waals surface area contributed by atoms with E-state index >= 15 is 0 Å². The molecule has 0 spiro atoms. The van der Waals surface area contributed by atoms with Crippen LogP contribution < -0.4 is 5.43 Å². The lowest BCUT2D eigenvalue weighted by atomic mass is 9.96. The van der Waals surface area contributed by atoms with Crippen molar-refractivity contribution in [1.29, 1.82) is 0 Å². The number of benzene rings is 2. The quantitative estimate of drug-likeness (QED) is 0.418. The summed E-state index contributed by atoms with van der Waals surface area (Å²) in [6.45, 7) is 2.25. The van der Waals surface area contributed by atoms with Crippen molar-refractivity contribution in [1.82, 2.24) is 19.3 Å². The molecule has 0 aliphatic carbocycles. The lowest BCUT2D eigenvalue weighted by molar-refractivity contribution is 0.0601. The molecule has 5 rings (SSSR count). The lowest BCUT2D eigenvalue weighted by Gasteiger charge is -2.27. The molecule has 34 heavy (non-hydrogen) atoms. The van der Waals surface area contributed by atoms with Gasteiger partial charge in [0.25, 0.3) is 11.8 Å². The number of para-hydroxylation sites is 1. The van der Waals surface area contributed by atoms with E-state index in [2.05, 4.69) is 9.47 Å². The van der Waals surface area contributed by atoms with E-state index in [4.69, 9.17) is 0 Å². The van der Waals surface area contributed by atoms with Crippen LogP contribution in [-0.2, 0) is 6.54 Å². The number of nitrogens with zero attached hydrogens (tertiary/aromatic N) is 4. The molecule has 174 valence electrons. The standard InChI is InChI=1S/C27H28N4O3/c1-28(2)12-14-30-22-11-6-5-8-17(22)20-16-21-23-18(25(32)24(20)30)9-7-10-19(23)26(33)31(27(21)34)15-13-29(3)4/h5-11,16H,12-15H2,1-4H3. The van der Waals surface area contributed by atoms with Crippen LogP contribution in [0.25, 0.3) is 32.6 Å². The molecule has 2 amide bonds. The number of aromatic nitrogens is 1. The van der Waals surface area contributed by atoms with Crippen LogP contribution in [0.15, 0.2) is 53.3 Å². The Kier molecular flexibility index (Phi) is 5.46. The normalized spacial score (nSPS) is 13.9. The van der Waals surface area contributed by atoms with E-state index in [0.717, 1.165) is 22.8 Å². The molecule has 0 N–H and O–H groups in total. The van der Waals surface area contributed by atoms with Crippen molar-refractivity contribution in [3.8, 4) is 0 Å². The Morgan fingerprint density at radius 1 is 0.706 bits per heavy atom. The SMILES string of the molecule is CN(C)CCN1C(=O)c2cccc3c(=O)c4c(cc(c23)C1=O)c1ccccc1n4CCN(C)C. The second kappa shape index (κ2) is 8.34. The zero-order valence-corrected chi connectivity index (χ0v) is 20.0. The molecule has 0 radical (unpaired) electrons. The van der Waals surface area contributed by atoms with Gasteiger partial charge >= 0.3 is 0 Å². The fourth-order valence-corrected chi connectivity index (χ4v) is 4.86. The molecule has 0 unspecified atom stereocenters. The molecule has 7 nitrogen and oxygen atoms in total. The number of likely N-dealkylation sites (N-methyl/N-ethyl adjacent to an activating group) is 2. The lowest BCUT2D eigenvalue weighted by Crippen LogP contribution is -2.43. The average molecular weight is 457 g/mol. The summed E-state index contributed by atoms with van der Waals surface area (Å²) < 4.78 is 2.05. The third-order valence-electron chi connectivity index (χ3n) is 6.58. The first-order valence-electron chi connectivity index (χ1n) is 11.5. The molecule has 4 aromatic rings. The summed E-state index contributed by atoms with van der Waals surface area (Å²) in [7, 11) is 7.81. The van der Waals surface area contributed by atoms with Gasteiger partial charge in [0, 0.05) is 64.4 Å². The van der Waals surface area contributed by atoms with Gasteiger partial charge in [-0.2, -0.15) is 0 Å². The van der Waals surface area contributed by atoms with Crippen LogP contribution in [0.5, 0.6) is 0 Å². The molecule has 0 bridgehead atoms. The van der Waals surface area contributed by atoms with E-state index in [1.54, 1.807) is 18.2 Å². The van der Waals surface area contributed by atoms with Gasteiger partial charge in [0.05, 0.1) is 5.52 Å². The molecule has 0 atom stereocenters. The van der Waals surface area contributed by atoms with Crippen molar-refractivity contribution in [2.45, 2.75) is 6.54 Å². The molecule has 7 heteroatoms. The summed E-state index contributed by atoms with van der Waals surface area (Å²) in [5.74, 6) is -0.696. The summed E-state index contributed by atoms with van der Waals surface area (Å²) in [5, 5.41) is 2.54. The number of amides is 2. The monoisotopic (exact) mass is 456 g/mol. The number of carbonyl (C=O) groups excluding carboxylic acids is 2. The van der Waals surface area contributed by atoms with Crippen molar-refractivity contribution in [3.05, 3.63) is 69.9 Å². The molecule has 0 saturated heterocycles. The van der Waals surface area contributed by atoms with Crippen molar-refractivity contribution in [3.63, 3.8) is 0 Å². The van der Waals surface area contributed by atoms with Crippen LogP contribution in [0.2, 0.25) is 0 Å². The predicted octanol–water partition coefficient (Wildman–Crippen LogP) is 3.03. The maximum atomic E-state index is 14.0. The van der Waals surface area contributed by atoms with E-state index in [0.29, 0.717) is 40.5 Å². The van der Waals surface area contributed by atoms with Gasteiger partial charge < -0.3 is 14.4 Å². The number of imide groups is 1. The second-order valence-electron chi connectivity index (χ2n) is 9.41. The van der Waals surface area contributed by atoms with Crippen LogP contribution in [0.1, 0.15) is 20.7 Å². The first kappa shape index (κ1) is 22.3. The third-order valence-corrected chi connectivity index (χ3v) is 6.58. The summed E-state index contributed by atoms with van der Waals surface area (Å²) in [6.07, 6.45) is 0. The molecule has 2 heterocycles. The van der Waals surface area contributed by atoms with Gasteiger partial charge in [-0.25, -0.2) is 0 Å². The third kappa shape index (κ3) is 3.40. The predicted molar refractivity (Wildman–Crippen MR) is 136 cm³/mol. The minimum atomic E-state index is -0.349. The zero-order chi connectivity index (χ0) is 24.1. The Balaban J connectivity index is 1.89. The Labute approximate surface area is 197 Å². The summed E-state index contributed by atoms with van der Waals surface area (Å²) >= 11 is 0. The van der Waals surface area contributed by atoms with Gasteiger partial charge in [-0.3, -0.25) is 19.3 Å². The second-order valence-corrected chi connectivity index (χ2v) is 9.41. The van der Waals surface area contributed by atoms with Gasteiger partial charge in [-0.1, -0.05) is 30.3 Å². The Morgan fingerprint density at radius 2 is 1.35 bits per heavy atom. The van der Waals surface area contributed by atoms with Gasteiger partial charge in [0.15, 0.2) is 0 Å². The van der Waals surface area contributed by atoms with Gasteiger partial charge in [0.2, 0.25) is 5.43 Å². The molecular weight excluding hydrogens is 428 g/mol. The highest BCUT2D eigenvalue weighted by atomic mass is 16.2. The number of carbonyl (C=O) groups is 2. The summed E-state index contributed by atoms with van der Waals surface area (Å²) in [4.78, 5) is 46.3. The van der Waals surface area contributed by atoms with E-state index < -0.39 is 0 Å². The van der Waals surface area contributed by atoms with Crippen molar-refractivity contribution >= 4 is 44.4 Å². The van der Waals surface area contributed by atoms with Crippen LogP contribution in [-0.4, -0.2) is 78.9 Å². The number of rotatable bonds is 6. The average Bonchev–Trinajstić information content (AvgIpc) is 3.05. The number of hydrogen-bond donors (Lipinski definition) is 0. The van der Waals surface area contributed by atoms with E-state index in [-0.39, 0.29) is 23.8 Å². The molecular formula is C27H28N4O3. The molecule has 0 saturated carbocycles. The highest BCUT2D eigenvalue weighted by Crippen LogP contribution is 2.33. The first-order chi connectivity index (χ1) is 16.3. The molecule has 1 aromatic heterocycles. The molecule has 0 fully saturated rings. The zero-order valence-electron chi connectivity index (χ0n) is 20.0. The van der Waals surface area contributed by atoms with Crippen molar-refractivity contribution < 1.29 is 9.59 Å². The number of fused-ring (bicyclic) bond motifs is 3. The van der Waals surface area contributed by atoms with Crippen LogP contribution >= 0.6 is 0 Å². The van der Waals surface area contributed by atoms with E-state index in [1.807, 2.05) is 63.4 Å². The smallest absolute Gasteiger partial charge is 0.261 e. The minimum Gasteiger partial charge on any atom is -0.336 e. The largest absolute Gasteiger partial charge is 0.336 e. The van der Waals surface area contributed by atoms with Crippen LogP contribution in [0.4, 0.5) is 0 Å². The highest BCUT2D eigenvalue weighted by molar-refractivity contribution is 6.27. The Morgan fingerprint density at radius 3 is 2.09 bits per heavy atom. The molecule has 1 aliphatic rings. The van der Waals surface area contributed by atoms with Crippen LogP contribution in [0, 0.1) is 0 Å².